The van der Waals surface area contributed by atoms with Crippen LogP contribution < -0.4 is 5.32 Å². The number of hydrogen-bond acceptors (Lipinski definition) is 7. The van der Waals surface area contributed by atoms with Gasteiger partial charge in [-0.2, -0.15) is 5.26 Å². The predicted octanol–water partition coefficient (Wildman–Crippen LogP) is 7.79. The molecule has 5 atom stereocenters. The van der Waals surface area contributed by atoms with E-state index >= 15 is 4.39 Å². The maximum Gasteiger partial charge on any atom is 0.226 e. The zero-order valence-corrected chi connectivity index (χ0v) is 31.8. The van der Waals surface area contributed by atoms with E-state index < -0.39 is 5.82 Å². The molecule has 5 aromatic rings. The maximum atomic E-state index is 17.3. The highest BCUT2D eigenvalue weighted by Gasteiger charge is 2.52. The van der Waals surface area contributed by atoms with Gasteiger partial charge in [0.05, 0.1) is 52.1 Å². The fourth-order valence-corrected chi connectivity index (χ4v) is 10.2. The lowest BCUT2D eigenvalue weighted by atomic mass is 9.79. The van der Waals surface area contributed by atoms with Gasteiger partial charge >= 0.3 is 0 Å². The fraction of sp³-hybridized carbons (Fsp3) is 0.488. The van der Waals surface area contributed by atoms with Crippen LogP contribution in [0.2, 0.25) is 10.0 Å². The summed E-state index contributed by atoms with van der Waals surface area (Å²) in [5.41, 5.74) is 5.33. The van der Waals surface area contributed by atoms with Crippen molar-refractivity contribution in [2.75, 3.05) is 26.8 Å². The lowest BCUT2D eigenvalue weighted by Crippen LogP contribution is -2.41. The third-order valence-corrected chi connectivity index (χ3v) is 13.8. The summed E-state index contributed by atoms with van der Waals surface area (Å²) in [5, 5.41) is 24.9. The van der Waals surface area contributed by atoms with E-state index in [4.69, 9.17) is 32.9 Å². The highest BCUT2D eigenvalue weighted by molar-refractivity contribution is 6.43. The first-order valence-corrected chi connectivity index (χ1v) is 19.9. The van der Waals surface area contributed by atoms with Gasteiger partial charge < -0.3 is 19.5 Å². The van der Waals surface area contributed by atoms with Crippen LogP contribution in [-0.4, -0.2) is 68.2 Å². The van der Waals surface area contributed by atoms with E-state index in [-0.39, 0.29) is 58.4 Å². The number of amides is 1. The Labute approximate surface area is 322 Å². The van der Waals surface area contributed by atoms with E-state index in [9.17, 15) is 10.1 Å². The number of hydrogen-bond donors (Lipinski definition) is 1. The standard InChI is InChI=1S/C41H41Cl2FN8O2/c1-21-27-16-32(31-15-25(18-50(31)40(53)22-8-9-22)51-19-33(48-49-51)41(10-11-41)20-54-2)52(38-24-14-30(38)46-17-24)39(27)28-13-23(5-4-12-45)34(36(44)37(28)47-21)26-6-3-7-29(42)35(26)43/h3,6-7,13,16,19,22,24-25,30-31,38,46H,4-5,8-11,14-15,17-18,20H2,1-2H3/t24-,25+,30-,31-,38+/m1/s1. The minimum atomic E-state index is -0.478. The monoisotopic (exact) mass is 766 g/mol. The molecule has 3 saturated heterocycles. The molecule has 0 spiro atoms. The van der Waals surface area contributed by atoms with E-state index in [1.165, 1.54) is 0 Å². The molecule has 278 valence electrons. The molecule has 3 aliphatic carbocycles. The number of aromatic nitrogens is 5. The van der Waals surface area contributed by atoms with Gasteiger partial charge in [0.2, 0.25) is 5.91 Å². The van der Waals surface area contributed by atoms with Gasteiger partial charge in [-0.15, -0.1) is 5.10 Å². The third kappa shape index (κ3) is 5.24. The number of likely N-dealkylation sites (tertiary alicyclic amines) is 1. The minimum absolute atomic E-state index is 0.0454. The first-order chi connectivity index (χ1) is 26.2. The molecule has 13 heteroatoms. The molecule has 1 amide bonds. The number of nitrogens with one attached hydrogen (secondary N) is 1. The van der Waals surface area contributed by atoms with Crippen LogP contribution in [0.4, 0.5) is 4.39 Å². The lowest BCUT2D eigenvalue weighted by molar-refractivity contribution is -0.133. The van der Waals surface area contributed by atoms with Gasteiger partial charge in [0, 0.05) is 83.5 Å². The first-order valence-electron chi connectivity index (χ1n) is 19.1. The van der Waals surface area contributed by atoms with Crippen molar-refractivity contribution in [2.24, 2.45) is 11.8 Å². The van der Waals surface area contributed by atoms with Crippen molar-refractivity contribution in [3.63, 3.8) is 0 Å². The van der Waals surface area contributed by atoms with Gasteiger partial charge in [0.15, 0.2) is 5.82 Å². The van der Waals surface area contributed by atoms with Crippen molar-refractivity contribution in [3.05, 3.63) is 75.0 Å². The minimum Gasteiger partial charge on any atom is -0.384 e. The van der Waals surface area contributed by atoms with E-state index in [2.05, 4.69) is 43.4 Å². The van der Waals surface area contributed by atoms with Crippen LogP contribution >= 0.6 is 23.2 Å². The quantitative estimate of drug-likeness (QED) is 0.154. The number of methoxy groups -OCH3 is 1. The average molecular weight is 768 g/mol. The van der Waals surface area contributed by atoms with Gasteiger partial charge in [-0.05, 0) is 81.5 Å². The zero-order chi connectivity index (χ0) is 37.0. The Balaban J connectivity index is 1.16. The summed E-state index contributed by atoms with van der Waals surface area (Å²) >= 11 is 13.2. The molecule has 2 bridgehead atoms. The molecule has 3 aliphatic heterocycles. The zero-order valence-electron chi connectivity index (χ0n) is 30.3. The van der Waals surface area contributed by atoms with Crippen molar-refractivity contribution in [1.82, 2.24) is 34.8 Å². The molecular weight excluding hydrogens is 726 g/mol. The van der Waals surface area contributed by atoms with Crippen LogP contribution in [0.15, 0.2) is 36.5 Å². The number of ether oxygens (including phenoxy) is 1. The normalized spacial score (nSPS) is 25.4. The van der Waals surface area contributed by atoms with Gasteiger partial charge in [-0.1, -0.05) is 40.5 Å². The second-order valence-electron chi connectivity index (χ2n) is 16.2. The predicted molar refractivity (Wildman–Crippen MR) is 204 cm³/mol. The number of carbonyl (C=O) groups is 1. The maximum absolute atomic E-state index is 17.3. The molecule has 0 unspecified atom stereocenters. The second-order valence-corrected chi connectivity index (χ2v) is 17.0. The summed E-state index contributed by atoms with van der Waals surface area (Å²) in [7, 11) is 1.73. The first kappa shape index (κ1) is 34.4. The van der Waals surface area contributed by atoms with Crippen LogP contribution in [-0.2, 0) is 21.4 Å². The lowest BCUT2D eigenvalue weighted by Gasteiger charge is -2.39. The van der Waals surface area contributed by atoms with Crippen molar-refractivity contribution >= 4 is 50.9 Å². The van der Waals surface area contributed by atoms with Gasteiger partial charge in [0.1, 0.15) is 5.52 Å². The van der Waals surface area contributed by atoms with E-state index in [0.717, 1.165) is 60.9 Å². The molecule has 0 radical (unpaired) electrons. The number of benzene rings is 2. The topological polar surface area (TPSA) is 114 Å². The van der Waals surface area contributed by atoms with Gasteiger partial charge in [-0.3, -0.25) is 4.79 Å². The number of nitriles is 1. The van der Waals surface area contributed by atoms with Gasteiger partial charge in [-0.25, -0.2) is 14.1 Å². The Kier molecular flexibility index (Phi) is 8.12. The number of pyridine rings is 1. The highest BCUT2D eigenvalue weighted by atomic mass is 35.5. The number of aryl methyl sites for hydroxylation is 2. The second kappa shape index (κ2) is 12.7. The molecule has 6 aliphatic rings. The number of rotatable bonds is 10. The van der Waals surface area contributed by atoms with Crippen LogP contribution in [0.1, 0.15) is 85.7 Å². The summed E-state index contributed by atoms with van der Waals surface area (Å²) < 4.78 is 27.2. The summed E-state index contributed by atoms with van der Waals surface area (Å²) in [4.78, 5) is 21.2. The largest absolute Gasteiger partial charge is 0.384 e. The summed E-state index contributed by atoms with van der Waals surface area (Å²) in [6, 6.07) is 11.8. The molecule has 6 heterocycles. The molecule has 54 heavy (non-hydrogen) atoms. The molecule has 2 aromatic carbocycles. The Hall–Kier alpha value is -4.08. The van der Waals surface area contributed by atoms with E-state index in [1.54, 1.807) is 25.3 Å². The SMILES string of the molecule is COCC1(c2cn([C@H]3C[C@H](c4cc5c(C)nc6c(F)c(-c7cccc(Cl)c7Cl)c(CCC#N)cc6c5n4[C@H]4[C@H]5CN[C@@H]4C5)N(C(=O)C4CC4)C3)nn2)CC1. The number of fused-ring (bicyclic) bond motifs is 4. The Bertz CT molecular complexity index is 2400. The highest BCUT2D eigenvalue weighted by Crippen LogP contribution is 2.53. The number of nitrogens with zero attached hydrogens (tertiary/aromatic N) is 7. The number of carbonyl (C=O) groups excluding carboxylic acids is 1. The summed E-state index contributed by atoms with van der Waals surface area (Å²) in [6.07, 6.45) is 8.27. The molecule has 11 rings (SSSR count). The molecule has 10 nitrogen and oxygen atoms in total. The van der Waals surface area contributed by atoms with E-state index in [0.29, 0.717) is 64.7 Å². The smallest absolute Gasteiger partial charge is 0.226 e. The van der Waals surface area contributed by atoms with Crippen LogP contribution in [0.5, 0.6) is 0 Å². The van der Waals surface area contributed by atoms with Crippen LogP contribution in [0.25, 0.3) is 32.9 Å². The molecule has 3 aromatic heterocycles. The summed E-state index contributed by atoms with van der Waals surface area (Å²) in [6.45, 7) is 4.02. The molecule has 3 saturated carbocycles. The Morgan fingerprint density at radius 3 is 2.72 bits per heavy atom. The molecular formula is C41H41Cl2FN8O2. The molecule has 6 fully saturated rings. The van der Waals surface area contributed by atoms with Crippen molar-refractivity contribution < 1.29 is 13.9 Å². The van der Waals surface area contributed by atoms with Crippen LogP contribution in [0, 0.1) is 35.9 Å². The third-order valence-electron chi connectivity index (χ3n) is 13.0. The van der Waals surface area contributed by atoms with E-state index in [1.807, 2.05) is 17.7 Å². The fourth-order valence-electron chi connectivity index (χ4n) is 9.79. The van der Waals surface area contributed by atoms with Crippen molar-refractivity contribution in [2.45, 2.75) is 87.9 Å². The van der Waals surface area contributed by atoms with Crippen molar-refractivity contribution in [3.8, 4) is 17.2 Å². The Morgan fingerprint density at radius 1 is 1.19 bits per heavy atom. The average Bonchev–Trinajstić information content (AvgIpc) is 3.74. The van der Waals surface area contributed by atoms with Gasteiger partial charge in [0.25, 0.3) is 0 Å². The molecule has 1 N–H and O–H groups in total. The number of halogens is 3. The summed E-state index contributed by atoms with van der Waals surface area (Å²) in [5.74, 6) is 0.179. The Morgan fingerprint density at radius 2 is 2.02 bits per heavy atom. The van der Waals surface area contributed by atoms with Crippen molar-refractivity contribution in [1.29, 1.82) is 5.26 Å². The van der Waals surface area contributed by atoms with Crippen LogP contribution in [0.3, 0.4) is 0 Å².